The number of alkyl halides is 1. The smallest absolute Gasteiger partial charge is 0.103 e. The Morgan fingerprint density at radius 2 is 2.50 bits per heavy atom. The highest BCUT2D eigenvalue weighted by atomic mass is 19.1. The zero-order valence-corrected chi connectivity index (χ0v) is 3.83. The first-order valence-electron chi connectivity index (χ1n) is 6.91. The van der Waals surface area contributed by atoms with Gasteiger partial charge in [-0.05, 0) is 19.1 Å². The predicted octanol–water partition coefficient (Wildman–Crippen LogP) is 1.26. The summed E-state index contributed by atoms with van der Waals surface area (Å²) >= 11 is 0. The molecular weight excluding hydrogens is 107 g/mol. The second kappa shape index (κ2) is 2.44. The number of rotatable bonds is 0. The summed E-state index contributed by atoms with van der Waals surface area (Å²) in [7, 11) is 0. The highest BCUT2D eigenvalue weighted by molar-refractivity contribution is 4.70. The normalized spacial score (nSPS) is 102. The Balaban J connectivity index is 3.72. The molecule has 0 aromatic rings. The van der Waals surface area contributed by atoms with Gasteiger partial charge in [0, 0.05) is 17.3 Å². The van der Waals surface area contributed by atoms with Gasteiger partial charge in [0.1, 0.15) is 6.15 Å². The molecule has 1 N–H and O–H groups in total. The number of hydrogen-bond donors (Lipinski definition) is 1. The number of halogens is 1. The molecule has 0 saturated heterocycles. The van der Waals surface area contributed by atoms with E-state index in [2.05, 4.69) is 0 Å². The molecule has 0 aromatic heterocycles. The maximum Gasteiger partial charge on any atom is 0.103 e. The van der Waals surface area contributed by atoms with Crippen molar-refractivity contribution in [2.24, 2.45) is 0 Å². The van der Waals surface area contributed by atoms with E-state index in [0.717, 1.165) is 0 Å². The van der Waals surface area contributed by atoms with E-state index in [1.165, 1.54) is 0 Å². The van der Waals surface area contributed by atoms with Crippen LogP contribution in [0.2, 0.25) is 0 Å². The van der Waals surface area contributed by atoms with Gasteiger partial charge in [-0.3, -0.25) is 0 Å². The molecule has 2 heteroatoms. The molecule has 0 bridgehead atoms. The predicted molar refractivity (Wildman–Crippen MR) is 29.4 cm³/mol. The van der Waals surface area contributed by atoms with Crippen molar-refractivity contribution in [1.29, 1.82) is 0 Å². The summed E-state index contributed by atoms with van der Waals surface area (Å²) in [5.41, 5.74) is 0. The first-order chi connectivity index (χ1) is 7.50. The van der Waals surface area contributed by atoms with Gasteiger partial charge in [0.05, 0.1) is 8.82 Å². The van der Waals surface area contributed by atoms with Crippen molar-refractivity contribution >= 4 is 0 Å². The van der Waals surface area contributed by atoms with E-state index in [9.17, 15) is 9.50 Å². The third kappa shape index (κ3) is 1.44. The molecule has 0 aromatic carbocycles. The Kier molecular flexibility index (Phi) is 0.357. The molecule has 1 fully saturated rings. The molecule has 2 unspecified atom stereocenters. The van der Waals surface area contributed by atoms with Crippen LogP contribution < -0.4 is 0 Å². The van der Waals surface area contributed by atoms with Crippen molar-refractivity contribution in [3.05, 3.63) is 0 Å². The van der Waals surface area contributed by atoms with Gasteiger partial charge in [-0.2, -0.15) is 0 Å². The van der Waals surface area contributed by atoms with E-state index >= 15 is 0 Å². The Hall–Kier alpha value is -0.110. The van der Waals surface area contributed by atoms with Gasteiger partial charge in [0.15, 0.2) is 0 Å². The van der Waals surface area contributed by atoms with Crippen LogP contribution in [0.25, 0.3) is 0 Å². The van der Waals surface area contributed by atoms with Gasteiger partial charge in [0.2, 0.25) is 0 Å². The van der Waals surface area contributed by atoms with Crippen molar-refractivity contribution in [1.82, 2.24) is 0 Å². The first kappa shape index (κ1) is 1.17. The van der Waals surface area contributed by atoms with Crippen LogP contribution in [0, 0.1) is 0 Å². The van der Waals surface area contributed by atoms with Crippen LogP contribution in [-0.4, -0.2) is 17.3 Å². The van der Waals surface area contributed by atoms with Gasteiger partial charge < -0.3 is 5.11 Å². The molecule has 2 atom stereocenters. The topological polar surface area (TPSA) is 20.2 Å². The van der Waals surface area contributed by atoms with Gasteiger partial charge in [0.25, 0.3) is 0 Å². The Morgan fingerprint density at radius 1 is 1.75 bits per heavy atom. The molecule has 0 radical (unpaired) electrons. The largest absolute Gasteiger partial charge is 0.393 e. The molecule has 1 saturated carbocycles. The summed E-state index contributed by atoms with van der Waals surface area (Å²) < 4.78 is 85.7. The summed E-state index contributed by atoms with van der Waals surface area (Å²) in [6, 6.07) is 0. The van der Waals surface area contributed by atoms with Crippen molar-refractivity contribution < 1.29 is 23.2 Å². The summed E-state index contributed by atoms with van der Waals surface area (Å²) in [5, 5.41) is 9.48. The Labute approximate surface area is 62.6 Å². The molecule has 1 nitrogen and oxygen atoms in total. The quantitative estimate of drug-likeness (QED) is 0.520. The zero-order chi connectivity index (χ0) is 15.0. The second-order valence-corrected chi connectivity index (χ2v) is 1.16. The minimum Gasteiger partial charge on any atom is -0.393 e. The van der Waals surface area contributed by atoms with Crippen LogP contribution in [0.1, 0.15) is 39.2 Å². The molecular formula is C6H11FO. The summed E-state index contributed by atoms with van der Waals surface area (Å²) in [5.74, 6) is 0. The molecule has 8 heavy (non-hydrogen) atoms. The average Bonchev–Trinajstić information content (AvgIpc) is 2.14. The molecule has 0 spiro atoms. The molecule has 48 valence electrons. The van der Waals surface area contributed by atoms with E-state index in [1.807, 2.05) is 0 Å². The lowest BCUT2D eigenvalue weighted by Crippen LogP contribution is -2.19. The van der Waals surface area contributed by atoms with Crippen LogP contribution in [0.15, 0.2) is 0 Å². The van der Waals surface area contributed by atoms with Crippen LogP contribution in [0.5, 0.6) is 0 Å². The lowest BCUT2D eigenvalue weighted by Gasteiger charge is -2.19. The van der Waals surface area contributed by atoms with E-state index in [4.69, 9.17) is 13.7 Å². The minimum absolute atomic E-state index is 3.76. The molecule has 0 amide bonds. The zero-order valence-electron chi connectivity index (χ0n) is 13.8. The molecule has 1 rings (SSSR count). The van der Waals surface area contributed by atoms with Crippen LogP contribution in [0.4, 0.5) is 4.39 Å². The van der Waals surface area contributed by atoms with Crippen molar-refractivity contribution in [2.45, 2.75) is 37.7 Å². The molecule has 0 aliphatic heterocycles. The van der Waals surface area contributed by atoms with Gasteiger partial charge in [-0.15, -0.1) is 0 Å². The van der Waals surface area contributed by atoms with Gasteiger partial charge >= 0.3 is 0 Å². The number of aliphatic hydroxyl groups is 1. The lowest BCUT2D eigenvalue weighted by atomic mass is 9.96. The van der Waals surface area contributed by atoms with Crippen LogP contribution in [-0.2, 0) is 0 Å². The highest BCUT2D eigenvalue weighted by Gasteiger charge is 2.18. The van der Waals surface area contributed by atoms with Gasteiger partial charge in [-0.25, -0.2) is 4.39 Å². The van der Waals surface area contributed by atoms with Gasteiger partial charge in [-0.1, -0.05) is 0 Å². The average molecular weight is 128 g/mol. The van der Waals surface area contributed by atoms with E-state index in [1.54, 1.807) is 0 Å². The summed E-state index contributed by atoms with van der Waals surface area (Å²) in [6.45, 7) is 0. The lowest BCUT2D eigenvalue weighted by molar-refractivity contribution is 0.0839. The first-order valence-corrected chi connectivity index (χ1v) is 1.91. The molecule has 1 aliphatic rings. The Bertz CT molecular complexity index is 258. The summed E-state index contributed by atoms with van der Waals surface area (Å²) in [6.07, 6.45) is -23.7. The van der Waals surface area contributed by atoms with Crippen LogP contribution >= 0.6 is 0 Å². The number of hydrogen-bond acceptors (Lipinski definition) is 1. The standard InChI is InChI=1S/C6H11FO/c7-5-2-1-3-6(8)4-5/h5-6,8H,1-4H2/i1D2,2D2,3D2,4D2,5D,6D. The minimum atomic E-state index is -4.34. The third-order valence-electron chi connectivity index (χ3n) is 0.581. The van der Waals surface area contributed by atoms with Crippen molar-refractivity contribution in [3.63, 3.8) is 0 Å². The molecule has 0 heterocycles. The Morgan fingerprint density at radius 3 is 3.25 bits per heavy atom. The van der Waals surface area contributed by atoms with Crippen LogP contribution in [0.3, 0.4) is 0 Å². The van der Waals surface area contributed by atoms with Crippen molar-refractivity contribution in [3.8, 4) is 0 Å². The van der Waals surface area contributed by atoms with E-state index < -0.39 is 37.7 Å². The fourth-order valence-electron chi connectivity index (χ4n) is 0.312. The fourth-order valence-corrected chi connectivity index (χ4v) is 0.312. The monoisotopic (exact) mass is 128 g/mol. The van der Waals surface area contributed by atoms with Crippen molar-refractivity contribution in [2.75, 3.05) is 0 Å². The fraction of sp³-hybridized carbons (Fsp3) is 1.00. The highest BCUT2D eigenvalue weighted by Crippen LogP contribution is 2.20. The second-order valence-electron chi connectivity index (χ2n) is 1.16. The van der Waals surface area contributed by atoms with E-state index in [-0.39, 0.29) is 0 Å². The van der Waals surface area contributed by atoms with E-state index in [0.29, 0.717) is 0 Å². The third-order valence-corrected chi connectivity index (χ3v) is 0.581. The maximum absolute atomic E-state index is 14.0. The maximum atomic E-state index is 14.0. The molecule has 1 aliphatic carbocycles. The summed E-state index contributed by atoms with van der Waals surface area (Å²) in [4.78, 5) is 0. The SMILES string of the molecule is [2H]C1([2H])C([2H])([2H])C([2H])(O)C([2H])([2H])C([2H])(F)C1([2H])[2H].